The number of hydrogen-bond donors (Lipinski definition) is 2. The van der Waals surface area contributed by atoms with Crippen LogP contribution in [0.5, 0.6) is 0 Å². The van der Waals surface area contributed by atoms with Crippen LogP contribution < -0.4 is 5.73 Å². The number of aromatic nitrogens is 5. The second-order valence-electron chi connectivity index (χ2n) is 4.49. The van der Waals surface area contributed by atoms with Crippen LogP contribution in [0.1, 0.15) is 19.9 Å². The number of aromatic amines is 1. The van der Waals surface area contributed by atoms with E-state index in [0.29, 0.717) is 11.9 Å². The molecule has 0 spiro atoms. The summed E-state index contributed by atoms with van der Waals surface area (Å²) in [6.45, 7) is 4.17. The summed E-state index contributed by atoms with van der Waals surface area (Å²) in [5, 5.41) is 12.3. The SMILES string of the molecule is CC(C)n1ccc(-c2cnc(N)c3cn[nH]c23)n1. The van der Waals surface area contributed by atoms with Crippen molar-refractivity contribution in [3.63, 3.8) is 0 Å². The molecular formula is C12H14N6. The monoisotopic (exact) mass is 242 g/mol. The fourth-order valence-corrected chi connectivity index (χ4v) is 1.92. The number of hydrogen-bond acceptors (Lipinski definition) is 4. The van der Waals surface area contributed by atoms with Crippen molar-refractivity contribution in [3.05, 3.63) is 24.7 Å². The number of rotatable bonds is 2. The third-order valence-electron chi connectivity index (χ3n) is 2.93. The lowest BCUT2D eigenvalue weighted by molar-refractivity contribution is 0.534. The summed E-state index contributed by atoms with van der Waals surface area (Å²) in [6, 6.07) is 2.30. The number of nitrogens with zero attached hydrogens (tertiary/aromatic N) is 4. The topological polar surface area (TPSA) is 85.4 Å². The van der Waals surface area contributed by atoms with Gasteiger partial charge in [0.1, 0.15) is 5.82 Å². The third kappa shape index (κ3) is 1.54. The smallest absolute Gasteiger partial charge is 0.134 e. The van der Waals surface area contributed by atoms with Crippen molar-refractivity contribution in [1.29, 1.82) is 0 Å². The van der Waals surface area contributed by atoms with E-state index in [4.69, 9.17) is 5.73 Å². The van der Waals surface area contributed by atoms with Crippen LogP contribution in [0.15, 0.2) is 24.7 Å². The number of fused-ring (bicyclic) bond motifs is 1. The first-order valence-electron chi connectivity index (χ1n) is 5.80. The molecule has 6 heteroatoms. The standard InChI is InChI=1S/C12H14N6/c1-7(2)18-4-3-10(17-18)8-5-14-12(13)9-6-15-16-11(8)9/h3-7H,1-2H3,(H2,13,14)(H,15,16). The molecule has 0 unspecified atom stereocenters. The van der Waals surface area contributed by atoms with Gasteiger partial charge in [0.2, 0.25) is 0 Å². The highest BCUT2D eigenvalue weighted by molar-refractivity contribution is 5.97. The van der Waals surface area contributed by atoms with Gasteiger partial charge in [-0.25, -0.2) is 4.98 Å². The van der Waals surface area contributed by atoms with E-state index in [1.807, 2.05) is 16.9 Å². The number of nitrogen functional groups attached to an aromatic ring is 1. The van der Waals surface area contributed by atoms with Gasteiger partial charge in [-0.05, 0) is 19.9 Å². The average molecular weight is 242 g/mol. The Labute approximate surface area is 104 Å². The van der Waals surface area contributed by atoms with Crippen LogP contribution in [0.3, 0.4) is 0 Å². The number of anilines is 1. The Morgan fingerprint density at radius 2 is 2.17 bits per heavy atom. The lowest BCUT2D eigenvalue weighted by Crippen LogP contribution is -2.01. The van der Waals surface area contributed by atoms with Gasteiger partial charge >= 0.3 is 0 Å². The van der Waals surface area contributed by atoms with E-state index < -0.39 is 0 Å². The van der Waals surface area contributed by atoms with Gasteiger partial charge in [-0.3, -0.25) is 9.78 Å². The van der Waals surface area contributed by atoms with Gasteiger partial charge in [0.15, 0.2) is 0 Å². The fraction of sp³-hybridized carbons (Fsp3) is 0.250. The van der Waals surface area contributed by atoms with Gasteiger partial charge in [0.25, 0.3) is 0 Å². The molecule has 0 fully saturated rings. The van der Waals surface area contributed by atoms with Crippen molar-refractivity contribution in [1.82, 2.24) is 25.0 Å². The molecule has 3 aromatic rings. The van der Waals surface area contributed by atoms with Crippen molar-refractivity contribution in [2.75, 3.05) is 5.73 Å². The van der Waals surface area contributed by atoms with Crippen LogP contribution in [-0.2, 0) is 0 Å². The minimum absolute atomic E-state index is 0.331. The normalized spacial score (nSPS) is 11.5. The van der Waals surface area contributed by atoms with Gasteiger partial charge in [-0.2, -0.15) is 10.2 Å². The highest BCUT2D eigenvalue weighted by atomic mass is 15.3. The first kappa shape index (κ1) is 10.8. The second kappa shape index (κ2) is 3.83. The molecule has 0 aliphatic heterocycles. The van der Waals surface area contributed by atoms with Crippen LogP contribution in [0, 0.1) is 0 Å². The molecule has 92 valence electrons. The van der Waals surface area contributed by atoms with E-state index in [9.17, 15) is 0 Å². The van der Waals surface area contributed by atoms with Gasteiger partial charge in [0.05, 0.1) is 22.8 Å². The molecule has 0 amide bonds. The zero-order chi connectivity index (χ0) is 12.7. The third-order valence-corrected chi connectivity index (χ3v) is 2.93. The number of nitrogens with two attached hydrogens (primary N) is 1. The highest BCUT2D eigenvalue weighted by Crippen LogP contribution is 2.27. The Morgan fingerprint density at radius 1 is 1.33 bits per heavy atom. The summed E-state index contributed by atoms with van der Waals surface area (Å²) in [5.74, 6) is 0.478. The molecule has 0 atom stereocenters. The lowest BCUT2D eigenvalue weighted by atomic mass is 10.1. The van der Waals surface area contributed by atoms with Gasteiger partial charge in [0, 0.05) is 24.0 Å². The number of nitrogens with one attached hydrogen (secondary N) is 1. The Morgan fingerprint density at radius 3 is 2.89 bits per heavy atom. The van der Waals surface area contributed by atoms with Gasteiger partial charge in [-0.15, -0.1) is 0 Å². The predicted octanol–water partition coefficient (Wildman–Crippen LogP) is 1.98. The average Bonchev–Trinajstić information content (AvgIpc) is 2.98. The van der Waals surface area contributed by atoms with Crippen molar-refractivity contribution >= 4 is 16.7 Å². The molecule has 3 N–H and O–H groups in total. The quantitative estimate of drug-likeness (QED) is 0.719. The molecule has 3 heterocycles. The van der Waals surface area contributed by atoms with E-state index in [0.717, 1.165) is 22.2 Å². The summed E-state index contributed by atoms with van der Waals surface area (Å²) in [5.41, 5.74) is 8.46. The molecule has 0 saturated carbocycles. The number of pyridine rings is 1. The largest absolute Gasteiger partial charge is 0.383 e. The van der Waals surface area contributed by atoms with Crippen LogP contribution >= 0.6 is 0 Å². The van der Waals surface area contributed by atoms with Gasteiger partial charge in [-0.1, -0.05) is 0 Å². The summed E-state index contributed by atoms with van der Waals surface area (Å²) in [4.78, 5) is 4.18. The van der Waals surface area contributed by atoms with Crippen LogP contribution in [0.4, 0.5) is 5.82 Å². The minimum atomic E-state index is 0.331. The van der Waals surface area contributed by atoms with Crippen molar-refractivity contribution in [3.8, 4) is 11.3 Å². The first-order chi connectivity index (χ1) is 8.66. The molecule has 18 heavy (non-hydrogen) atoms. The van der Waals surface area contributed by atoms with E-state index in [-0.39, 0.29) is 0 Å². The Bertz CT molecular complexity index is 693. The molecule has 0 aromatic carbocycles. The Hall–Kier alpha value is -2.37. The maximum atomic E-state index is 5.80. The second-order valence-corrected chi connectivity index (χ2v) is 4.49. The minimum Gasteiger partial charge on any atom is -0.383 e. The molecule has 0 bridgehead atoms. The van der Waals surface area contributed by atoms with E-state index in [1.54, 1.807) is 12.4 Å². The molecule has 6 nitrogen and oxygen atoms in total. The lowest BCUT2D eigenvalue weighted by Gasteiger charge is -2.04. The molecule has 0 aliphatic carbocycles. The summed E-state index contributed by atoms with van der Waals surface area (Å²) in [7, 11) is 0. The molecule has 0 aliphatic rings. The fourth-order valence-electron chi connectivity index (χ4n) is 1.92. The first-order valence-corrected chi connectivity index (χ1v) is 5.80. The van der Waals surface area contributed by atoms with Crippen molar-refractivity contribution < 1.29 is 0 Å². The maximum Gasteiger partial charge on any atom is 0.134 e. The molecule has 0 radical (unpaired) electrons. The zero-order valence-electron chi connectivity index (χ0n) is 10.3. The highest BCUT2D eigenvalue weighted by Gasteiger charge is 2.12. The van der Waals surface area contributed by atoms with E-state index in [1.165, 1.54) is 0 Å². The van der Waals surface area contributed by atoms with E-state index in [2.05, 4.69) is 34.1 Å². The predicted molar refractivity (Wildman–Crippen MR) is 69.9 cm³/mol. The van der Waals surface area contributed by atoms with E-state index >= 15 is 0 Å². The molecule has 3 aromatic heterocycles. The van der Waals surface area contributed by atoms with Crippen LogP contribution in [0.2, 0.25) is 0 Å². The van der Waals surface area contributed by atoms with Gasteiger partial charge < -0.3 is 5.73 Å². The van der Waals surface area contributed by atoms with Crippen molar-refractivity contribution in [2.24, 2.45) is 0 Å². The Kier molecular flexibility index (Phi) is 2.29. The Balaban J connectivity index is 2.19. The van der Waals surface area contributed by atoms with Crippen LogP contribution in [0.25, 0.3) is 22.2 Å². The summed E-state index contributed by atoms with van der Waals surface area (Å²) >= 11 is 0. The molecule has 0 saturated heterocycles. The zero-order valence-corrected chi connectivity index (χ0v) is 10.3. The van der Waals surface area contributed by atoms with Crippen LogP contribution in [-0.4, -0.2) is 25.0 Å². The van der Waals surface area contributed by atoms with Crippen molar-refractivity contribution in [2.45, 2.75) is 19.9 Å². The molecular weight excluding hydrogens is 228 g/mol. The number of H-pyrrole nitrogens is 1. The molecule has 3 rings (SSSR count). The summed E-state index contributed by atoms with van der Waals surface area (Å²) < 4.78 is 1.91. The summed E-state index contributed by atoms with van der Waals surface area (Å²) in [6.07, 6.45) is 5.36. The maximum absolute atomic E-state index is 5.80.